The highest BCUT2D eigenvalue weighted by Crippen LogP contribution is 2.37. The third kappa shape index (κ3) is 2.69. The summed E-state index contributed by atoms with van der Waals surface area (Å²) in [5.74, 6) is 0. The van der Waals surface area contributed by atoms with Gasteiger partial charge < -0.3 is 5.73 Å². The summed E-state index contributed by atoms with van der Waals surface area (Å²) >= 11 is 12.8. The third-order valence-electron chi connectivity index (χ3n) is 3.07. The van der Waals surface area contributed by atoms with E-state index in [1.807, 2.05) is 6.92 Å². The van der Waals surface area contributed by atoms with Crippen LogP contribution in [-0.4, -0.2) is 31.4 Å². The van der Waals surface area contributed by atoms with Gasteiger partial charge in [0.2, 0.25) is 10.0 Å². The molecule has 2 unspecified atom stereocenters. The number of sulfonamides is 1. The molecular weight excluding hydrogens is 315 g/mol. The average Bonchev–Trinajstić information content (AvgIpc) is 2.57. The van der Waals surface area contributed by atoms with E-state index >= 15 is 0 Å². The van der Waals surface area contributed by atoms with Crippen molar-refractivity contribution in [3.8, 4) is 0 Å². The SMILES string of the molecule is CC1CC(N)CCN1S(=O)(=O)c1cc(Cl)sc1Cl. The van der Waals surface area contributed by atoms with Gasteiger partial charge in [-0.05, 0) is 25.8 Å². The van der Waals surface area contributed by atoms with Crippen LogP contribution in [0.4, 0.5) is 0 Å². The highest BCUT2D eigenvalue weighted by Gasteiger charge is 2.35. The van der Waals surface area contributed by atoms with E-state index in [9.17, 15) is 8.42 Å². The van der Waals surface area contributed by atoms with Crippen LogP contribution < -0.4 is 5.73 Å². The Morgan fingerprint density at radius 3 is 2.67 bits per heavy atom. The number of nitrogens with two attached hydrogens (primary N) is 1. The zero-order valence-electron chi connectivity index (χ0n) is 9.77. The van der Waals surface area contributed by atoms with E-state index in [-0.39, 0.29) is 21.3 Å². The van der Waals surface area contributed by atoms with Crippen LogP contribution in [0.1, 0.15) is 19.8 Å². The smallest absolute Gasteiger partial charge is 0.245 e. The van der Waals surface area contributed by atoms with Crippen LogP contribution in [0.25, 0.3) is 0 Å². The Morgan fingerprint density at radius 1 is 1.50 bits per heavy atom. The van der Waals surface area contributed by atoms with Crippen molar-refractivity contribution in [2.24, 2.45) is 5.73 Å². The number of halogens is 2. The topological polar surface area (TPSA) is 63.4 Å². The highest BCUT2D eigenvalue weighted by molar-refractivity contribution is 7.89. The fourth-order valence-corrected chi connectivity index (χ4v) is 5.94. The molecule has 1 aliphatic heterocycles. The highest BCUT2D eigenvalue weighted by atomic mass is 35.5. The fraction of sp³-hybridized carbons (Fsp3) is 0.600. The van der Waals surface area contributed by atoms with E-state index in [0.29, 0.717) is 23.7 Å². The molecule has 0 aliphatic carbocycles. The Labute approximate surface area is 121 Å². The van der Waals surface area contributed by atoms with Gasteiger partial charge in [0.15, 0.2) is 0 Å². The molecule has 0 bridgehead atoms. The summed E-state index contributed by atoms with van der Waals surface area (Å²) in [4.78, 5) is 0.0986. The van der Waals surface area contributed by atoms with Crippen molar-refractivity contribution in [3.05, 3.63) is 14.7 Å². The van der Waals surface area contributed by atoms with Crippen LogP contribution in [0.15, 0.2) is 11.0 Å². The minimum Gasteiger partial charge on any atom is -0.328 e. The lowest BCUT2D eigenvalue weighted by Crippen LogP contribution is -2.48. The lowest BCUT2D eigenvalue weighted by molar-refractivity contribution is 0.247. The van der Waals surface area contributed by atoms with Gasteiger partial charge in [-0.25, -0.2) is 8.42 Å². The Morgan fingerprint density at radius 2 is 2.17 bits per heavy atom. The van der Waals surface area contributed by atoms with Crippen molar-refractivity contribution < 1.29 is 8.42 Å². The third-order valence-corrected chi connectivity index (χ3v) is 6.83. The maximum atomic E-state index is 12.5. The minimum atomic E-state index is -3.57. The first-order chi connectivity index (χ1) is 8.32. The molecule has 0 aromatic carbocycles. The molecule has 18 heavy (non-hydrogen) atoms. The first kappa shape index (κ1) is 14.6. The number of nitrogens with zero attached hydrogens (tertiary/aromatic N) is 1. The van der Waals surface area contributed by atoms with Crippen molar-refractivity contribution >= 4 is 44.6 Å². The summed E-state index contributed by atoms with van der Waals surface area (Å²) in [6.07, 6.45) is 1.33. The molecule has 0 radical (unpaired) electrons. The zero-order valence-corrected chi connectivity index (χ0v) is 12.9. The van der Waals surface area contributed by atoms with Crippen LogP contribution in [0.2, 0.25) is 8.67 Å². The molecule has 1 aromatic rings. The van der Waals surface area contributed by atoms with Crippen molar-refractivity contribution in [2.45, 2.75) is 36.7 Å². The maximum Gasteiger partial charge on any atom is 0.245 e. The predicted octanol–water partition coefficient (Wildman–Crippen LogP) is 2.56. The maximum absolute atomic E-state index is 12.5. The van der Waals surface area contributed by atoms with Crippen LogP contribution in [-0.2, 0) is 10.0 Å². The largest absolute Gasteiger partial charge is 0.328 e. The first-order valence-corrected chi connectivity index (χ1v) is 8.56. The predicted molar refractivity (Wildman–Crippen MR) is 74.9 cm³/mol. The number of hydrogen-bond donors (Lipinski definition) is 1. The standard InChI is InChI=1S/C10H14Cl2N2O2S2/c1-6-4-7(13)2-3-14(6)18(15,16)8-5-9(11)17-10(8)12/h5-7H,2-4,13H2,1H3. The van der Waals surface area contributed by atoms with Crippen LogP contribution >= 0.6 is 34.5 Å². The van der Waals surface area contributed by atoms with Gasteiger partial charge in [-0.3, -0.25) is 0 Å². The van der Waals surface area contributed by atoms with Crippen molar-refractivity contribution in [1.29, 1.82) is 0 Å². The van der Waals surface area contributed by atoms with Gasteiger partial charge in [0.25, 0.3) is 0 Å². The molecule has 8 heteroatoms. The van der Waals surface area contributed by atoms with Crippen molar-refractivity contribution in [1.82, 2.24) is 4.31 Å². The molecule has 0 saturated carbocycles. The molecule has 1 fully saturated rings. The molecule has 102 valence electrons. The van der Waals surface area contributed by atoms with E-state index in [1.165, 1.54) is 10.4 Å². The molecule has 2 N–H and O–H groups in total. The lowest BCUT2D eigenvalue weighted by atomic mass is 10.0. The van der Waals surface area contributed by atoms with Gasteiger partial charge in [0.05, 0.1) is 4.34 Å². The Bertz CT molecular complexity index is 544. The summed E-state index contributed by atoms with van der Waals surface area (Å²) < 4.78 is 27.0. The molecule has 1 aliphatic rings. The number of thiophene rings is 1. The molecule has 1 saturated heterocycles. The van der Waals surface area contributed by atoms with Crippen molar-refractivity contribution in [3.63, 3.8) is 0 Å². The van der Waals surface area contributed by atoms with Crippen molar-refractivity contribution in [2.75, 3.05) is 6.54 Å². The van der Waals surface area contributed by atoms with Crippen LogP contribution in [0.5, 0.6) is 0 Å². The summed E-state index contributed by atoms with van der Waals surface area (Å²) in [7, 11) is -3.57. The number of hydrogen-bond acceptors (Lipinski definition) is 4. The molecule has 0 spiro atoms. The first-order valence-electron chi connectivity index (χ1n) is 5.54. The van der Waals surface area contributed by atoms with Crippen LogP contribution in [0.3, 0.4) is 0 Å². The molecule has 2 heterocycles. The van der Waals surface area contributed by atoms with Gasteiger partial charge in [-0.15, -0.1) is 11.3 Å². The van der Waals surface area contributed by atoms with E-state index < -0.39 is 10.0 Å². The summed E-state index contributed by atoms with van der Waals surface area (Å²) in [6.45, 7) is 2.28. The van der Waals surface area contributed by atoms with Crippen LogP contribution in [0, 0.1) is 0 Å². The monoisotopic (exact) mass is 328 g/mol. The second-order valence-electron chi connectivity index (χ2n) is 4.44. The molecule has 1 aromatic heterocycles. The summed E-state index contributed by atoms with van der Waals surface area (Å²) in [5, 5.41) is 0. The molecule has 4 nitrogen and oxygen atoms in total. The number of rotatable bonds is 2. The van der Waals surface area contributed by atoms with E-state index in [4.69, 9.17) is 28.9 Å². The molecule has 2 atom stereocenters. The Kier molecular flexibility index (Phi) is 4.26. The van der Waals surface area contributed by atoms with Gasteiger partial charge >= 0.3 is 0 Å². The second-order valence-corrected chi connectivity index (χ2v) is 8.58. The van der Waals surface area contributed by atoms with Gasteiger partial charge in [0, 0.05) is 18.6 Å². The average molecular weight is 329 g/mol. The van der Waals surface area contributed by atoms with Gasteiger partial charge in [-0.1, -0.05) is 23.2 Å². The van der Waals surface area contributed by atoms with E-state index in [2.05, 4.69) is 0 Å². The number of piperidine rings is 1. The molecule has 2 rings (SSSR count). The second kappa shape index (κ2) is 5.26. The van der Waals surface area contributed by atoms with E-state index in [1.54, 1.807) is 0 Å². The Balaban J connectivity index is 2.34. The molecule has 0 amide bonds. The molecular formula is C10H14Cl2N2O2S2. The quantitative estimate of drug-likeness (QED) is 0.907. The lowest BCUT2D eigenvalue weighted by Gasteiger charge is -2.35. The van der Waals surface area contributed by atoms with Gasteiger partial charge in [0.1, 0.15) is 9.23 Å². The van der Waals surface area contributed by atoms with Gasteiger partial charge in [-0.2, -0.15) is 4.31 Å². The Hall–Kier alpha value is 0.150. The summed E-state index contributed by atoms with van der Waals surface area (Å²) in [5.41, 5.74) is 5.84. The minimum absolute atomic E-state index is 0.0629. The normalized spacial score (nSPS) is 26.4. The summed E-state index contributed by atoms with van der Waals surface area (Å²) in [6, 6.07) is 1.35. The fourth-order valence-electron chi connectivity index (χ4n) is 2.17. The van der Waals surface area contributed by atoms with E-state index in [0.717, 1.165) is 11.3 Å². The zero-order chi connectivity index (χ0) is 13.5.